The van der Waals surface area contributed by atoms with Crippen molar-refractivity contribution in [3.8, 4) is 67.5 Å². The van der Waals surface area contributed by atoms with Crippen LogP contribution in [0.4, 0.5) is 0 Å². The maximum absolute atomic E-state index is 6.76. The molecule has 0 aliphatic rings. The predicted octanol–water partition coefficient (Wildman–Crippen LogP) is 16.4. The minimum absolute atomic E-state index is 0.635. The molecule has 0 saturated heterocycles. The summed E-state index contributed by atoms with van der Waals surface area (Å²) in [5.41, 5.74) is 11.6. The monoisotopic (exact) mass is 827 g/mol. The second kappa shape index (κ2) is 15.0. The SMILES string of the molecule is c1ccc(-c2nc(-c3ccccc3)nc(-c3c4ccccc4c(-c4ccc5c(c4)oc4ccc(-c6c7ccccc7c(-c7ccccc7)c7ccccc67)cc45)c4ccccc34)n2)cc1. The van der Waals surface area contributed by atoms with E-state index in [9.17, 15) is 0 Å². The van der Waals surface area contributed by atoms with E-state index in [4.69, 9.17) is 19.4 Å². The van der Waals surface area contributed by atoms with Crippen molar-refractivity contribution in [2.24, 2.45) is 0 Å². The van der Waals surface area contributed by atoms with Gasteiger partial charge >= 0.3 is 0 Å². The maximum Gasteiger partial charge on any atom is 0.165 e. The molecule has 0 aliphatic heterocycles. The molecule has 4 heteroatoms. The zero-order valence-electron chi connectivity index (χ0n) is 35.1. The van der Waals surface area contributed by atoms with Gasteiger partial charge in [0.05, 0.1) is 0 Å². The first-order valence-corrected chi connectivity index (χ1v) is 22.0. The van der Waals surface area contributed by atoms with Gasteiger partial charge in [0.25, 0.3) is 0 Å². The number of fused-ring (bicyclic) bond motifs is 7. The van der Waals surface area contributed by atoms with E-state index in [2.05, 4.69) is 188 Å². The van der Waals surface area contributed by atoms with Gasteiger partial charge in [0.2, 0.25) is 0 Å². The number of rotatable bonds is 6. The highest BCUT2D eigenvalue weighted by Gasteiger charge is 2.22. The van der Waals surface area contributed by atoms with Crippen molar-refractivity contribution in [1.29, 1.82) is 0 Å². The third kappa shape index (κ3) is 6.03. The number of nitrogens with zero attached hydrogens (tertiary/aromatic N) is 3. The average Bonchev–Trinajstić information content (AvgIpc) is 3.75. The van der Waals surface area contributed by atoms with Gasteiger partial charge in [0.1, 0.15) is 11.2 Å². The lowest BCUT2D eigenvalue weighted by molar-refractivity contribution is 0.669. The van der Waals surface area contributed by atoms with Crippen LogP contribution in [0.5, 0.6) is 0 Å². The molecule has 2 aromatic heterocycles. The molecular formula is C61H37N3O. The quantitative estimate of drug-likeness (QED) is 0.157. The summed E-state index contributed by atoms with van der Waals surface area (Å²) in [4.78, 5) is 15.4. The average molecular weight is 828 g/mol. The predicted molar refractivity (Wildman–Crippen MR) is 270 cm³/mol. The molecule has 0 unspecified atom stereocenters. The highest BCUT2D eigenvalue weighted by molar-refractivity contribution is 6.23. The van der Waals surface area contributed by atoms with Gasteiger partial charge in [-0.1, -0.05) is 200 Å². The van der Waals surface area contributed by atoms with Crippen LogP contribution >= 0.6 is 0 Å². The molecule has 2 heterocycles. The molecule has 302 valence electrons. The van der Waals surface area contributed by atoms with Crippen molar-refractivity contribution in [3.63, 3.8) is 0 Å². The maximum atomic E-state index is 6.76. The first kappa shape index (κ1) is 36.9. The van der Waals surface area contributed by atoms with Gasteiger partial charge in [-0.2, -0.15) is 0 Å². The van der Waals surface area contributed by atoms with Gasteiger partial charge in [-0.15, -0.1) is 0 Å². The van der Waals surface area contributed by atoms with Crippen molar-refractivity contribution in [2.75, 3.05) is 0 Å². The number of hydrogen-bond acceptors (Lipinski definition) is 4. The van der Waals surface area contributed by atoms with Crippen LogP contribution < -0.4 is 0 Å². The Balaban J connectivity index is 0.994. The topological polar surface area (TPSA) is 51.8 Å². The van der Waals surface area contributed by atoms with Crippen LogP contribution in [0.1, 0.15) is 0 Å². The minimum atomic E-state index is 0.635. The van der Waals surface area contributed by atoms with Crippen LogP contribution in [-0.4, -0.2) is 15.0 Å². The van der Waals surface area contributed by atoms with E-state index < -0.39 is 0 Å². The number of benzene rings is 11. The highest BCUT2D eigenvalue weighted by atomic mass is 16.3. The van der Waals surface area contributed by atoms with Crippen molar-refractivity contribution >= 4 is 65.0 Å². The summed E-state index contributed by atoms with van der Waals surface area (Å²) in [6, 6.07) is 79.3. The van der Waals surface area contributed by atoms with Crippen molar-refractivity contribution < 1.29 is 4.42 Å². The van der Waals surface area contributed by atoms with Crippen molar-refractivity contribution in [2.45, 2.75) is 0 Å². The first-order chi connectivity index (χ1) is 32.2. The molecule has 65 heavy (non-hydrogen) atoms. The Morgan fingerprint density at radius 1 is 0.215 bits per heavy atom. The van der Waals surface area contributed by atoms with Gasteiger partial charge in [0.15, 0.2) is 17.5 Å². The van der Waals surface area contributed by atoms with Crippen LogP contribution in [-0.2, 0) is 0 Å². The molecule has 11 aromatic carbocycles. The Morgan fingerprint density at radius 3 is 1.03 bits per heavy atom. The lowest BCUT2D eigenvalue weighted by atomic mass is 9.85. The molecule has 13 rings (SSSR count). The van der Waals surface area contributed by atoms with Gasteiger partial charge in [-0.25, -0.2) is 15.0 Å². The number of hydrogen-bond donors (Lipinski definition) is 0. The smallest absolute Gasteiger partial charge is 0.165 e. The molecule has 0 fully saturated rings. The van der Waals surface area contributed by atoms with E-state index in [0.29, 0.717) is 17.5 Å². The molecule has 13 aromatic rings. The zero-order valence-corrected chi connectivity index (χ0v) is 35.1. The van der Waals surface area contributed by atoms with E-state index in [1.807, 2.05) is 36.4 Å². The highest BCUT2D eigenvalue weighted by Crippen LogP contribution is 2.47. The van der Waals surface area contributed by atoms with Crippen LogP contribution in [0, 0.1) is 0 Å². The fourth-order valence-corrected chi connectivity index (χ4v) is 10.0. The van der Waals surface area contributed by atoms with Crippen LogP contribution in [0.25, 0.3) is 133 Å². The minimum Gasteiger partial charge on any atom is -0.456 e. The number of furan rings is 1. The fraction of sp³-hybridized carbons (Fsp3) is 0. The number of aromatic nitrogens is 3. The lowest BCUT2D eigenvalue weighted by Gasteiger charge is -2.17. The Morgan fingerprint density at radius 2 is 0.569 bits per heavy atom. The molecule has 0 saturated carbocycles. The summed E-state index contributed by atoms with van der Waals surface area (Å²) in [5.74, 6) is 1.90. The third-order valence-corrected chi connectivity index (χ3v) is 12.9. The standard InChI is InChI=1S/C61H37N3O/c1-4-18-38(19-5-1)55-44-24-10-12-26-46(44)56(47-27-13-11-25-45(47)55)41-33-35-53-52(36-41)43-34-32-42(37-54(43)65-53)57-48-28-14-16-30-50(48)58(51-31-17-15-29-49(51)57)61-63-59(39-20-6-2-7-21-39)62-60(64-61)40-22-8-3-9-23-40/h1-37H. The molecular weight excluding hydrogens is 791 g/mol. The zero-order chi connectivity index (χ0) is 42.8. The van der Waals surface area contributed by atoms with Crippen LogP contribution in [0.3, 0.4) is 0 Å². The van der Waals surface area contributed by atoms with Crippen LogP contribution in [0.2, 0.25) is 0 Å². The summed E-state index contributed by atoms with van der Waals surface area (Å²) in [5, 5.41) is 11.5. The Bertz CT molecular complexity index is 3820. The normalized spacial score (nSPS) is 11.7. The van der Waals surface area contributed by atoms with E-state index in [0.717, 1.165) is 76.9 Å². The van der Waals surface area contributed by atoms with Crippen LogP contribution in [0.15, 0.2) is 229 Å². The van der Waals surface area contributed by atoms with Gasteiger partial charge in [0, 0.05) is 27.5 Å². The Labute approximate surface area is 374 Å². The summed E-state index contributed by atoms with van der Waals surface area (Å²) in [6.07, 6.45) is 0. The van der Waals surface area contributed by atoms with Gasteiger partial charge < -0.3 is 4.42 Å². The van der Waals surface area contributed by atoms with Gasteiger partial charge in [-0.05, 0) is 101 Å². The van der Waals surface area contributed by atoms with Gasteiger partial charge in [-0.3, -0.25) is 0 Å². The summed E-state index contributed by atoms with van der Waals surface area (Å²) >= 11 is 0. The molecule has 0 amide bonds. The largest absolute Gasteiger partial charge is 0.456 e. The summed E-state index contributed by atoms with van der Waals surface area (Å²) < 4.78 is 6.76. The molecule has 0 radical (unpaired) electrons. The Kier molecular flexibility index (Phi) is 8.50. The van der Waals surface area contributed by atoms with Crippen molar-refractivity contribution in [3.05, 3.63) is 224 Å². The molecule has 4 nitrogen and oxygen atoms in total. The molecule has 0 bridgehead atoms. The summed E-state index contributed by atoms with van der Waals surface area (Å²) in [6.45, 7) is 0. The fourth-order valence-electron chi connectivity index (χ4n) is 10.0. The second-order valence-corrected chi connectivity index (χ2v) is 16.6. The molecule has 0 atom stereocenters. The Hall–Kier alpha value is -8.73. The lowest BCUT2D eigenvalue weighted by Crippen LogP contribution is -2.01. The van der Waals surface area contributed by atoms with E-state index >= 15 is 0 Å². The van der Waals surface area contributed by atoms with Crippen molar-refractivity contribution in [1.82, 2.24) is 15.0 Å². The molecule has 0 aliphatic carbocycles. The summed E-state index contributed by atoms with van der Waals surface area (Å²) in [7, 11) is 0. The molecule has 0 N–H and O–H groups in total. The second-order valence-electron chi connectivity index (χ2n) is 16.6. The van der Waals surface area contributed by atoms with E-state index in [-0.39, 0.29) is 0 Å². The van der Waals surface area contributed by atoms with E-state index in [1.165, 1.54) is 38.2 Å². The third-order valence-electron chi connectivity index (χ3n) is 12.9. The first-order valence-electron chi connectivity index (χ1n) is 22.0. The molecule has 0 spiro atoms. The van der Waals surface area contributed by atoms with E-state index in [1.54, 1.807) is 0 Å².